The molecule has 1 aromatic rings. The summed E-state index contributed by atoms with van der Waals surface area (Å²) in [6.07, 6.45) is 2.07. The molecule has 1 aromatic carbocycles. The number of carboxylic acids is 1. The van der Waals surface area contributed by atoms with Crippen LogP contribution in [0.1, 0.15) is 26.2 Å². The molecule has 0 aromatic heterocycles. The lowest BCUT2D eigenvalue weighted by atomic mass is 10.1. The zero-order chi connectivity index (χ0) is 15.0. The maximum Gasteiger partial charge on any atom is 0.326 e. The van der Waals surface area contributed by atoms with E-state index in [1.165, 1.54) is 0 Å². The lowest BCUT2D eigenvalue weighted by Gasteiger charge is -2.14. The van der Waals surface area contributed by atoms with E-state index < -0.39 is 17.9 Å². The molecule has 1 atom stereocenters. The van der Waals surface area contributed by atoms with E-state index in [1.807, 2.05) is 6.92 Å². The van der Waals surface area contributed by atoms with Crippen LogP contribution in [0.4, 0.5) is 0 Å². The van der Waals surface area contributed by atoms with Gasteiger partial charge in [-0.25, -0.2) is 4.79 Å². The Morgan fingerprint density at radius 3 is 2.55 bits per heavy atom. The Hall–Kier alpha value is -1.56. The van der Waals surface area contributed by atoms with Crippen molar-refractivity contribution in [3.8, 4) is 5.75 Å². The fourth-order valence-electron chi connectivity index (χ4n) is 1.58. The second-order valence-electron chi connectivity index (χ2n) is 4.34. The number of hydrogen-bond acceptors (Lipinski definition) is 3. The SMILES string of the molecule is CCCC[C@H](NC(=O)COc1ccc(Br)cc1)C(=O)O. The first-order chi connectivity index (χ1) is 9.52. The molecule has 110 valence electrons. The molecular weight excluding hydrogens is 326 g/mol. The highest BCUT2D eigenvalue weighted by atomic mass is 79.9. The molecule has 0 heterocycles. The lowest BCUT2D eigenvalue weighted by molar-refractivity contribution is -0.142. The van der Waals surface area contributed by atoms with Crippen molar-refractivity contribution < 1.29 is 19.4 Å². The van der Waals surface area contributed by atoms with Crippen LogP contribution in [0.3, 0.4) is 0 Å². The van der Waals surface area contributed by atoms with E-state index in [-0.39, 0.29) is 6.61 Å². The molecule has 0 fully saturated rings. The number of carbonyl (C=O) groups is 2. The highest BCUT2D eigenvalue weighted by Gasteiger charge is 2.19. The Bertz CT molecular complexity index is 447. The normalized spacial score (nSPS) is 11.7. The van der Waals surface area contributed by atoms with E-state index >= 15 is 0 Å². The first kappa shape index (κ1) is 16.5. The smallest absolute Gasteiger partial charge is 0.326 e. The van der Waals surface area contributed by atoms with Gasteiger partial charge in [0, 0.05) is 4.47 Å². The number of nitrogens with one attached hydrogen (secondary N) is 1. The summed E-state index contributed by atoms with van der Waals surface area (Å²) >= 11 is 3.30. The average Bonchev–Trinajstić information content (AvgIpc) is 2.42. The third kappa shape index (κ3) is 6.06. The van der Waals surface area contributed by atoms with Crippen LogP contribution in [-0.2, 0) is 9.59 Å². The van der Waals surface area contributed by atoms with Crippen molar-refractivity contribution in [2.24, 2.45) is 0 Å². The highest BCUT2D eigenvalue weighted by Crippen LogP contribution is 2.15. The Morgan fingerprint density at radius 1 is 1.35 bits per heavy atom. The average molecular weight is 344 g/mol. The first-order valence-electron chi connectivity index (χ1n) is 6.43. The Morgan fingerprint density at radius 2 is 2.00 bits per heavy atom. The van der Waals surface area contributed by atoms with Crippen molar-refractivity contribution in [1.82, 2.24) is 5.32 Å². The fraction of sp³-hybridized carbons (Fsp3) is 0.429. The van der Waals surface area contributed by atoms with Crippen molar-refractivity contribution in [3.05, 3.63) is 28.7 Å². The van der Waals surface area contributed by atoms with Crippen molar-refractivity contribution in [2.45, 2.75) is 32.2 Å². The van der Waals surface area contributed by atoms with Gasteiger partial charge in [-0.15, -0.1) is 0 Å². The summed E-state index contributed by atoms with van der Waals surface area (Å²) in [7, 11) is 0. The van der Waals surface area contributed by atoms with E-state index in [4.69, 9.17) is 9.84 Å². The van der Waals surface area contributed by atoms with E-state index in [2.05, 4.69) is 21.2 Å². The van der Waals surface area contributed by atoms with Gasteiger partial charge >= 0.3 is 5.97 Å². The molecule has 0 saturated carbocycles. The number of halogens is 1. The predicted molar refractivity (Wildman–Crippen MR) is 78.7 cm³/mol. The number of carbonyl (C=O) groups excluding carboxylic acids is 1. The van der Waals surface area contributed by atoms with E-state index in [9.17, 15) is 9.59 Å². The molecule has 5 nitrogen and oxygen atoms in total. The van der Waals surface area contributed by atoms with Crippen LogP contribution in [0.5, 0.6) is 5.75 Å². The van der Waals surface area contributed by atoms with Crippen molar-refractivity contribution in [2.75, 3.05) is 6.61 Å². The molecule has 2 N–H and O–H groups in total. The molecule has 20 heavy (non-hydrogen) atoms. The topological polar surface area (TPSA) is 75.6 Å². The molecule has 0 aliphatic carbocycles. The second kappa shape index (κ2) is 8.58. The van der Waals surface area contributed by atoms with Crippen LogP contribution in [0.2, 0.25) is 0 Å². The van der Waals surface area contributed by atoms with E-state index in [0.717, 1.165) is 17.3 Å². The molecule has 0 aliphatic heterocycles. The van der Waals surface area contributed by atoms with E-state index in [1.54, 1.807) is 24.3 Å². The van der Waals surface area contributed by atoms with Gasteiger partial charge in [0.1, 0.15) is 11.8 Å². The molecular formula is C14H18BrNO4. The molecule has 0 aliphatic rings. The van der Waals surface area contributed by atoms with Gasteiger partial charge in [-0.2, -0.15) is 0 Å². The minimum absolute atomic E-state index is 0.197. The largest absolute Gasteiger partial charge is 0.484 e. The number of ether oxygens (including phenoxy) is 1. The number of unbranched alkanes of at least 4 members (excludes halogenated alkanes) is 1. The quantitative estimate of drug-likeness (QED) is 0.760. The van der Waals surface area contributed by atoms with Gasteiger partial charge in [0.05, 0.1) is 0 Å². The molecule has 6 heteroatoms. The fourth-order valence-corrected chi connectivity index (χ4v) is 1.85. The van der Waals surface area contributed by atoms with Gasteiger partial charge in [-0.1, -0.05) is 35.7 Å². The maximum atomic E-state index is 11.7. The van der Waals surface area contributed by atoms with Crippen molar-refractivity contribution in [3.63, 3.8) is 0 Å². The number of amides is 1. The summed E-state index contributed by atoms with van der Waals surface area (Å²) in [5, 5.41) is 11.5. The van der Waals surface area contributed by atoms with E-state index in [0.29, 0.717) is 12.2 Å². The summed E-state index contributed by atoms with van der Waals surface area (Å²) in [4.78, 5) is 22.6. The van der Waals surface area contributed by atoms with Crippen LogP contribution >= 0.6 is 15.9 Å². The van der Waals surface area contributed by atoms with Gasteiger partial charge in [0.15, 0.2) is 6.61 Å². The highest BCUT2D eigenvalue weighted by molar-refractivity contribution is 9.10. The van der Waals surface area contributed by atoms with Gasteiger partial charge < -0.3 is 15.2 Å². The van der Waals surface area contributed by atoms with Crippen LogP contribution in [0, 0.1) is 0 Å². The molecule has 0 saturated heterocycles. The Balaban J connectivity index is 2.41. The minimum atomic E-state index is -1.02. The van der Waals surface area contributed by atoms with Gasteiger partial charge in [0.25, 0.3) is 5.91 Å². The second-order valence-corrected chi connectivity index (χ2v) is 5.26. The first-order valence-corrected chi connectivity index (χ1v) is 7.22. The molecule has 0 spiro atoms. The van der Waals surface area contributed by atoms with Crippen LogP contribution < -0.4 is 10.1 Å². The van der Waals surface area contributed by atoms with Crippen molar-refractivity contribution in [1.29, 1.82) is 0 Å². The summed E-state index contributed by atoms with van der Waals surface area (Å²) in [6.45, 7) is 1.77. The summed E-state index contributed by atoms with van der Waals surface area (Å²) in [5.41, 5.74) is 0. The van der Waals surface area contributed by atoms with Crippen LogP contribution in [0.25, 0.3) is 0 Å². The summed E-state index contributed by atoms with van der Waals surface area (Å²) in [6, 6.07) is 6.20. The third-order valence-corrected chi connectivity index (χ3v) is 3.19. The third-order valence-electron chi connectivity index (χ3n) is 2.66. The Labute approximate surface area is 126 Å². The van der Waals surface area contributed by atoms with Crippen LogP contribution in [0.15, 0.2) is 28.7 Å². The number of rotatable bonds is 8. The van der Waals surface area contributed by atoms with Crippen LogP contribution in [-0.4, -0.2) is 29.6 Å². The zero-order valence-corrected chi connectivity index (χ0v) is 12.9. The monoisotopic (exact) mass is 343 g/mol. The molecule has 1 rings (SSSR count). The summed E-state index contributed by atoms with van der Waals surface area (Å²) in [5.74, 6) is -0.893. The maximum absolute atomic E-state index is 11.7. The molecule has 1 amide bonds. The zero-order valence-electron chi connectivity index (χ0n) is 11.3. The number of carboxylic acid groups (broad SMARTS) is 1. The number of hydrogen-bond donors (Lipinski definition) is 2. The molecule has 0 radical (unpaired) electrons. The molecule has 0 bridgehead atoms. The lowest BCUT2D eigenvalue weighted by Crippen LogP contribution is -2.42. The van der Waals surface area contributed by atoms with Gasteiger partial charge in [0.2, 0.25) is 0 Å². The minimum Gasteiger partial charge on any atom is -0.484 e. The van der Waals surface area contributed by atoms with Gasteiger partial charge in [-0.05, 0) is 30.7 Å². The predicted octanol–water partition coefficient (Wildman–Crippen LogP) is 2.59. The number of benzene rings is 1. The standard InChI is InChI=1S/C14H18BrNO4/c1-2-3-4-12(14(18)19)16-13(17)9-20-11-7-5-10(15)6-8-11/h5-8,12H,2-4,9H2,1H3,(H,16,17)(H,18,19)/t12-/m0/s1. The van der Waals surface area contributed by atoms with Gasteiger partial charge in [-0.3, -0.25) is 4.79 Å². The Kier molecular flexibility index (Phi) is 7.08. The number of aliphatic carboxylic acids is 1. The molecule has 0 unspecified atom stereocenters. The van der Waals surface area contributed by atoms with Crippen molar-refractivity contribution >= 4 is 27.8 Å². The summed E-state index contributed by atoms with van der Waals surface area (Å²) < 4.78 is 6.20.